The Kier molecular flexibility index (Phi) is 6.60. The van der Waals surface area contributed by atoms with Crippen LogP contribution in [0, 0.1) is 11.8 Å². The van der Waals surface area contributed by atoms with Gasteiger partial charge in [-0.25, -0.2) is 0 Å². The van der Waals surface area contributed by atoms with Gasteiger partial charge >= 0.3 is 0 Å². The third-order valence-electron chi connectivity index (χ3n) is 3.79. The molecule has 0 aliphatic rings. The van der Waals surface area contributed by atoms with Crippen LogP contribution in [-0.4, -0.2) is 11.9 Å². The van der Waals surface area contributed by atoms with Gasteiger partial charge in [-0.2, -0.15) is 0 Å². The van der Waals surface area contributed by atoms with Crippen molar-refractivity contribution in [3.8, 4) is 0 Å². The highest BCUT2D eigenvalue weighted by Crippen LogP contribution is 2.24. The molecular formula is C18H24O4-2. The zero-order chi connectivity index (χ0) is 16.9. The molecule has 0 radical (unpaired) electrons. The highest BCUT2D eigenvalue weighted by molar-refractivity contribution is 5.96. The lowest BCUT2D eigenvalue weighted by Gasteiger charge is -2.21. The Morgan fingerprint density at radius 3 is 1.91 bits per heavy atom. The lowest BCUT2D eigenvalue weighted by molar-refractivity contribution is -0.255. The predicted octanol–water partition coefficient (Wildman–Crippen LogP) is 1.59. The van der Waals surface area contributed by atoms with E-state index in [9.17, 15) is 19.8 Å². The molecule has 22 heavy (non-hydrogen) atoms. The summed E-state index contributed by atoms with van der Waals surface area (Å²) >= 11 is 0. The summed E-state index contributed by atoms with van der Waals surface area (Å²) in [5.41, 5.74) is 1.00. The number of rotatable bonds is 8. The summed E-state index contributed by atoms with van der Waals surface area (Å²) in [6, 6.07) is 3.05. The molecule has 1 aromatic carbocycles. The average Bonchev–Trinajstić information content (AvgIpc) is 2.41. The summed E-state index contributed by atoms with van der Waals surface area (Å²) in [7, 11) is 0. The van der Waals surface area contributed by atoms with E-state index in [2.05, 4.69) is 13.8 Å². The van der Waals surface area contributed by atoms with E-state index in [0.717, 1.165) is 6.42 Å². The fourth-order valence-electron chi connectivity index (χ4n) is 2.49. The van der Waals surface area contributed by atoms with Crippen LogP contribution in [0.4, 0.5) is 0 Å². The van der Waals surface area contributed by atoms with Crippen LogP contribution in [0.25, 0.3) is 0 Å². The van der Waals surface area contributed by atoms with Gasteiger partial charge in [0.1, 0.15) is 0 Å². The number of aromatic carboxylic acids is 2. The van der Waals surface area contributed by atoms with E-state index in [-0.39, 0.29) is 11.1 Å². The summed E-state index contributed by atoms with van der Waals surface area (Å²) in [6.45, 7) is 8.15. The second kappa shape index (κ2) is 7.97. The van der Waals surface area contributed by atoms with Crippen molar-refractivity contribution in [2.24, 2.45) is 11.8 Å². The Balaban J connectivity index is 3.33. The van der Waals surface area contributed by atoms with E-state index < -0.39 is 11.9 Å². The Morgan fingerprint density at radius 2 is 1.45 bits per heavy atom. The van der Waals surface area contributed by atoms with Crippen LogP contribution in [0.5, 0.6) is 0 Å². The first-order valence-electron chi connectivity index (χ1n) is 7.81. The highest BCUT2D eigenvalue weighted by atomic mass is 16.4. The molecule has 0 aliphatic carbocycles. The van der Waals surface area contributed by atoms with Gasteiger partial charge in [-0.15, -0.1) is 0 Å². The number of carboxylic acids is 2. The minimum atomic E-state index is -1.34. The van der Waals surface area contributed by atoms with Crippen molar-refractivity contribution in [3.63, 3.8) is 0 Å². The minimum absolute atomic E-state index is 0.0341. The molecule has 0 aromatic heterocycles. The maximum atomic E-state index is 11.6. The Labute approximate surface area is 132 Å². The fraction of sp³-hybridized carbons (Fsp3) is 0.556. The summed E-state index contributed by atoms with van der Waals surface area (Å²) < 4.78 is 0. The first-order valence-corrected chi connectivity index (χ1v) is 7.81. The molecule has 1 rings (SSSR count). The summed E-state index contributed by atoms with van der Waals surface area (Å²) in [4.78, 5) is 22.9. The lowest BCUT2D eigenvalue weighted by atomic mass is 9.88. The smallest absolute Gasteiger partial charge is 0.0721 e. The normalized spacial score (nSPS) is 11.2. The van der Waals surface area contributed by atoms with Crippen molar-refractivity contribution in [1.82, 2.24) is 0 Å². The summed E-state index contributed by atoms with van der Waals surface area (Å²) in [6.07, 6.45) is 2.56. The largest absolute Gasteiger partial charge is 0.545 e. The van der Waals surface area contributed by atoms with Crippen LogP contribution >= 0.6 is 0 Å². The zero-order valence-corrected chi connectivity index (χ0v) is 13.8. The fourth-order valence-corrected chi connectivity index (χ4v) is 2.49. The molecule has 0 saturated heterocycles. The van der Waals surface area contributed by atoms with Gasteiger partial charge in [0.25, 0.3) is 0 Å². The Bertz CT molecular complexity index is 544. The second-order valence-corrected chi connectivity index (χ2v) is 6.57. The van der Waals surface area contributed by atoms with Gasteiger partial charge in [-0.3, -0.25) is 0 Å². The molecule has 4 nitrogen and oxygen atoms in total. The van der Waals surface area contributed by atoms with Crippen molar-refractivity contribution in [1.29, 1.82) is 0 Å². The van der Waals surface area contributed by atoms with E-state index in [1.165, 1.54) is 6.07 Å². The Hall–Kier alpha value is -1.84. The summed E-state index contributed by atoms with van der Waals surface area (Å²) in [5, 5.41) is 22.9. The topological polar surface area (TPSA) is 80.3 Å². The average molecular weight is 304 g/mol. The van der Waals surface area contributed by atoms with Crippen molar-refractivity contribution >= 4 is 11.9 Å². The maximum Gasteiger partial charge on any atom is 0.0721 e. The van der Waals surface area contributed by atoms with Gasteiger partial charge in [0.2, 0.25) is 0 Å². The quantitative estimate of drug-likeness (QED) is 0.730. The standard InChI is InChI=1S/C18H26O4/c1-11(2)5-7-13-8-10-15(17(19)20)14(9-6-12(3)4)16(13)18(21)22/h8,10-12H,5-7,9H2,1-4H3,(H,19,20)(H,21,22)/p-2. The molecule has 4 heteroatoms. The number of benzene rings is 1. The number of carbonyl (C=O) groups excluding carboxylic acids is 2. The molecule has 0 aliphatic heterocycles. The van der Waals surface area contributed by atoms with Gasteiger partial charge in [0.15, 0.2) is 0 Å². The number of hydrogen-bond acceptors (Lipinski definition) is 4. The van der Waals surface area contributed by atoms with Crippen LogP contribution in [0.2, 0.25) is 0 Å². The number of carbonyl (C=O) groups is 2. The molecule has 0 amide bonds. The van der Waals surface area contributed by atoms with Crippen molar-refractivity contribution in [2.75, 3.05) is 0 Å². The summed E-state index contributed by atoms with van der Waals surface area (Å²) in [5.74, 6) is -1.85. The van der Waals surface area contributed by atoms with E-state index in [1.807, 2.05) is 13.8 Å². The van der Waals surface area contributed by atoms with E-state index in [4.69, 9.17) is 0 Å². The second-order valence-electron chi connectivity index (χ2n) is 6.57. The SMILES string of the molecule is CC(C)CCc1ccc(C(=O)[O-])c(CCC(C)C)c1C(=O)[O-]. The first kappa shape index (κ1) is 18.2. The van der Waals surface area contributed by atoms with Gasteiger partial charge < -0.3 is 19.8 Å². The minimum Gasteiger partial charge on any atom is -0.545 e. The molecule has 0 heterocycles. The van der Waals surface area contributed by atoms with Crippen molar-refractivity contribution < 1.29 is 19.8 Å². The lowest BCUT2D eigenvalue weighted by Crippen LogP contribution is -2.30. The number of carboxylic acid groups (broad SMARTS) is 2. The van der Waals surface area contributed by atoms with Crippen LogP contribution < -0.4 is 10.2 Å². The van der Waals surface area contributed by atoms with E-state index in [1.54, 1.807) is 6.07 Å². The third-order valence-corrected chi connectivity index (χ3v) is 3.79. The number of aryl methyl sites for hydroxylation is 1. The van der Waals surface area contributed by atoms with Crippen LogP contribution in [-0.2, 0) is 12.8 Å². The van der Waals surface area contributed by atoms with Crippen molar-refractivity contribution in [2.45, 2.75) is 53.4 Å². The molecule has 122 valence electrons. The van der Waals surface area contributed by atoms with E-state index >= 15 is 0 Å². The van der Waals surface area contributed by atoms with Crippen LogP contribution in [0.3, 0.4) is 0 Å². The molecular weight excluding hydrogens is 280 g/mol. The molecule has 0 bridgehead atoms. The van der Waals surface area contributed by atoms with Gasteiger partial charge in [0, 0.05) is 11.1 Å². The Morgan fingerprint density at radius 1 is 0.909 bits per heavy atom. The van der Waals surface area contributed by atoms with E-state index in [0.29, 0.717) is 42.2 Å². The molecule has 0 spiro atoms. The van der Waals surface area contributed by atoms with Gasteiger partial charge in [-0.1, -0.05) is 39.8 Å². The first-order chi connectivity index (χ1) is 10.2. The highest BCUT2D eigenvalue weighted by Gasteiger charge is 2.15. The maximum absolute atomic E-state index is 11.6. The van der Waals surface area contributed by atoms with Gasteiger partial charge in [0.05, 0.1) is 11.9 Å². The molecule has 1 aromatic rings. The zero-order valence-electron chi connectivity index (χ0n) is 13.8. The molecule has 0 atom stereocenters. The van der Waals surface area contributed by atoms with Crippen LogP contribution in [0.1, 0.15) is 72.4 Å². The molecule has 0 fully saturated rings. The molecule has 0 unspecified atom stereocenters. The monoisotopic (exact) mass is 304 g/mol. The third kappa shape index (κ3) is 4.86. The number of hydrogen-bond donors (Lipinski definition) is 0. The molecule has 0 N–H and O–H groups in total. The van der Waals surface area contributed by atoms with Crippen LogP contribution in [0.15, 0.2) is 12.1 Å². The predicted molar refractivity (Wildman–Crippen MR) is 81.4 cm³/mol. The van der Waals surface area contributed by atoms with Gasteiger partial charge in [-0.05, 0) is 48.6 Å². The molecule has 0 saturated carbocycles. The van der Waals surface area contributed by atoms with Crippen molar-refractivity contribution in [3.05, 3.63) is 34.4 Å².